The Balaban J connectivity index is 1.97. The molecule has 1 aliphatic heterocycles. The summed E-state index contributed by atoms with van der Waals surface area (Å²) in [7, 11) is 0. The normalized spacial score (nSPS) is 20.9. The van der Waals surface area contributed by atoms with Crippen molar-refractivity contribution in [1.29, 1.82) is 0 Å². The van der Waals surface area contributed by atoms with Crippen molar-refractivity contribution < 1.29 is 14.7 Å². The molecule has 0 aliphatic carbocycles. The molecule has 6 nitrogen and oxygen atoms in total. The van der Waals surface area contributed by atoms with Crippen molar-refractivity contribution in [2.45, 2.75) is 25.3 Å². The average molecular weight is 346 g/mol. The van der Waals surface area contributed by atoms with Crippen LogP contribution >= 0.6 is 11.6 Å². The van der Waals surface area contributed by atoms with Crippen LogP contribution in [0.1, 0.15) is 30.9 Å². The molecule has 1 N–H and O–H groups in total. The van der Waals surface area contributed by atoms with Crippen LogP contribution in [0.15, 0.2) is 42.9 Å². The van der Waals surface area contributed by atoms with Gasteiger partial charge in [-0.15, -0.1) is 0 Å². The Labute approximate surface area is 144 Å². The number of piperidine rings is 1. The highest BCUT2D eigenvalue weighted by atomic mass is 35.5. The molecule has 0 bridgehead atoms. The van der Waals surface area contributed by atoms with Crippen LogP contribution in [0.4, 0.5) is 5.82 Å². The van der Waals surface area contributed by atoms with E-state index in [1.165, 1.54) is 18.6 Å². The average Bonchev–Trinajstić information content (AvgIpc) is 2.58. The maximum atomic E-state index is 12.9. The van der Waals surface area contributed by atoms with Crippen LogP contribution in [-0.2, 0) is 9.59 Å². The minimum atomic E-state index is -0.975. The monoisotopic (exact) mass is 345 g/mol. The number of aliphatic carboxylic acids is 1. The standard InChI is InChI=1S/C17H16ClN3O3/c18-13-4-1-11(2-5-13)14-6-3-12(9-16(22)23)17(24)21(14)15-10-19-7-8-20-15/h1-2,4-5,7-8,10,12,14H,3,6,9H2,(H,22,23)/t12-,14+/m1/s1. The van der Waals surface area contributed by atoms with Gasteiger partial charge in [0.15, 0.2) is 5.82 Å². The van der Waals surface area contributed by atoms with Crippen molar-refractivity contribution in [3.63, 3.8) is 0 Å². The summed E-state index contributed by atoms with van der Waals surface area (Å²) in [6, 6.07) is 7.10. The smallest absolute Gasteiger partial charge is 0.304 e. The molecule has 24 heavy (non-hydrogen) atoms. The summed E-state index contributed by atoms with van der Waals surface area (Å²) in [6.07, 6.45) is 5.57. The van der Waals surface area contributed by atoms with Crippen LogP contribution in [0.5, 0.6) is 0 Å². The molecule has 1 aromatic heterocycles. The topological polar surface area (TPSA) is 83.4 Å². The molecule has 3 rings (SSSR count). The molecule has 1 saturated heterocycles. The van der Waals surface area contributed by atoms with E-state index in [0.29, 0.717) is 23.7 Å². The highest BCUT2D eigenvalue weighted by Crippen LogP contribution is 2.38. The van der Waals surface area contributed by atoms with Crippen molar-refractivity contribution in [3.8, 4) is 0 Å². The van der Waals surface area contributed by atoms with Crippen LogP contribution in [0.3, 0.4) is 0 Å². The predicted molar refractivity (Wildman–Crippen MR) is 88.7 cm³/mol. The first-order valence-electron chi connectivity index (χ1n) is 7.62. The summed E-state index contributed by atoms with van der Waals surface area (Å²) < 4.78 is 0. The molecule has 0 radical (unpaired) electrons. The second-order valence-electron chi connectivity index (χ2n) is 5.71. The van der Waals surface area contributed by atoms with Gasteiger partial charge in [0.25, 0.3) is 0 Å². The van der Waals surface area contributed by atoms with Gasteiger partial charge in [-0.25, -0.2) is 4.98 Å². The molecular weight excluding hydrogens is 330 g/mol. The SMILES string of the molecule is O=C(O)C[C@H]1CC[C@@H](c2ccc(Cl)cc2)N(c2cnccn2)C1=O. The summed E-state index contributed by atoms with van der Waals surface area (Å²) in [6.45, 7) is 0. The fourth-order valence-corrected chi connectivity index (χ4v) is 3.18. The Morgan fingerprint density at radius 1 is 1.25 bits per heavy atom. The summed E-state index contributed by atoms with van der Waals surface area (Å²) >= 11 is 5.94. The second kappa shape index (κ2) is 6.97. The molecule has 124 valence electrons. The molecule has 2 heterocycles. The van der Waals surface area contributed by atoms with Crippen molar-refractivity contribution in [2.24, 2.45) is 5.92 Å². The molecule has 0 unspecified atom stereocenters. The minimum Gasteiger partial charge on any atom is -0.481 e. The number of nitrogens with zero attached hydrogens (tertiary/aromatic N) is 3. The van der Waals surface area contributed by atoms with E-state index >= 15 is 0 Å². The maximum absolute atomic E-state index is 12.9. The van der Waals surface area contributed by atoms with Gasteiger partial charge in [-0.05, 0) is 30.5 Å². The van der Waals surface area contributed by atoms with Crippen LogP contribution < -0.4 is 4.90 Å². The van der Waals surface area contributed by atoms with Gasteiger partial charge in [0.2, 0.25) is 5.91 Å². The van der Waals surface area contributed by atoms with E-state index in [4.69, 9.17) is 16.7 Å². The fourth-order valence-electron chi connectivity index (χ4n) is 3.05. The van der Waals surface area contributed by atoms with E-state index in [1.807, 2.05) is 12.1 Å². The van der Waals surface area contributed by atoms with Gasteiger partial charge in [-0.1, -0.05) is 23.7 Å². The number of carboxylic acid groups (broad SMARTS) is 1. The Morgan fingerprint density at radius 3 is 2.62 bits per heavy atom. The number of halogens is 1. The zero-order valence-electron chi connectivity index (χ0n) is 12.8. The van der Waals surface area contributed by atoms with E-state index in [9.17, 15) is 9.59 Å². The van der Waals surface area contributed by atoms with Gasteiger partial charge in [0.05, 0.1) is 18.7 Å². The molecule has 1 aliphatic rings. The molecule has 2 aromatic rings. The quantitative estimate of drug-likeness (QED) is 0.920. The van der Waals surface area contributed by atoms with Gasteiger partial charge in [-0.2, -0.15) is 0 Å². The number of carboxylic acids is 1. The van der Waals surface area contributed by atoms with Crippen LogP contribution in [0.2, 0.25) is 5.02 Å². The zero-order valence-corrected chi connectivity index (χ0v) is 13.6. The first-order valence-corrected chi connectivity index (χ1v) is 8.00. The summed E-state index contributed by atoms with van der Waals surface area (Å²) in [5, 5.41) is 9.66. The Hall–Kier alpha value is -2.47. The third kappa shape index (κ3) is 3.38. The number of anilines is 1. The Kier molecular flexibility index (Phi) is 4.76. The van der Waals surface area contributed by atoms with Crippen molar-refractivity contribution in [1.82, 2.24) is 9.97 Å². The molecule has 1 aromatic carbocycles. The lowest BCUT2D eigenvalue weighted by molar-refractivity contribution is -0.141. The van der Waals surface area contributed by atoms with Crippen molar-refractivity contribution >= 4 is 29.3 Å². The summed E-state index contributed by atoms with van der Waals surface area (Å²) in [5.41, 5.74) is 0.937. The highest BCUT2D eigenvalue weighted by Gasteiger charge is 2.38. The van der Waals surface area contributed by atoms with Crippen LogP contribution in [0.25, 0.3) is 0 Å². The molecule has 0 saturated carbocycles. The van der Waals surface area contributed by atoms with E-state index in [-0.39, 0.29) is 18.4 Å². The predicted octanol–water partition coefficient (Wildman–Crippen LogP) is 3.09. The molecule has 2 atom stereocenters. The van der Waals surface area contributed by atoms with E-state index in [2.05, 4.69) is 9.97 Å². The fraction of sp³-hybridized carbons (Fsp3) is 0.294. The number of aromatic nitrogens is 2. The van der Waals surface area contributed by atoms with Crippen LogP contribution in [0, 0.1) is 5.92 Å². The molecule has 1 amide bonds. The first kappa shape index (κ1) is 16.4. The van der Waals surface area contributed by atoms with Crippen molar-refractivity contribution in [3.05, 3.63) is 53.4 Å². The number of amides is 1. The minimum absolute atomic E-state index is 0.178. The number of rotatable bonds is 4. The molecule has 7 heteroatoms. The zero-order chi connectivity index (χ0) is 17.1. The Morgan fingerprint density at radius 2 is 2.00 bits per heavy atom. The van der Waals surface area contributed by atoms with Gasteiger partial charge in [0, 0.05) is 23.3 Å². The van der Waals surface area contributed by atoms with E-state index < -0.39 is 11.9 Å². The second-order valence-corrected chi connectivity index (χ2v) is 6.15. The van der Waals surface area contributed by atoms with Crippen molar-refractivity contribution in [2.75, 3.05) is 4.90 Å². The van der Waals surface area contributed by atoms with E-state index in [0.717, 1.165) is 5.56 Å². The van der Waals surface area contributed by atoms with Crippen LogP contribution in [-0.4, -0.2) is 27.0 Å². The first-order chi connectivity index (χ1) is 11.6. The Bertz CT molecular complexity index is 737. The van der Waals surface area contributed by atoms with Gasteiger partial charge >= 0.3 is 5.97 Å². The molecular formula is C17H16ClN3O3. The lowest BCUT2D eigenvalue weighted by Gasteiger charge is -2.38. The van der Waals surface area contributed by atoms with E-state index in [1.54, 1.807) is 17.0 Å². The summed E-state index contributed by atoms with van der Waals surface area (Å²) in [4.78, 5) is 33.7. The number of hydrogen-bond donors (Lipinski definition) is 1. The van der Waals surface area contributed by atoms with Gasteiger partial charge in [-0.3, -0.25) is 19.5 Å². The number of carbonyl (C=O) groups is 2. The number of hydrogen-bond acceptors (Lipinski definition) is 4. The maximum Gasteiger partial charge on any atom is 0.304 e. The number of benzene rings is 1. The molecule has 0 spiro atoms. The largest absolute Gasteiger partial charge is 0.481 e. The summed E-state index contributed by atoms with van der Waals surface area (Å²) in [5.74, 6) is -1.33. The third-order valence-electron chi connectivity index (χ3n) is 4.16. The molecule has 1 fully saturated rings. The van der Waals surface area contributed by atoms with Gasteiger partial charge in [0.1, 0.15) is 0 Å². The third-order valence-corrected chi connectivity index (χ3v) is 4.41. The highest BCUT2D eigenvalue weighted by molar-refractivity contribution is 6.30. The number of carbonyl (C=O) groups excluding carboxylic acids is 1. The van der Waals surface area contributed by atoms with Gasteiger partial charge < -0.3 is 5.11 Å². The lowest BCUT2D eigenvalue weighted by Crippen LogP contribution is -2.44. The lowest BCUT2D eigenvalue weighted by atomic mass is 9.86.